The van der Waals surface area contributed by atoms with Crippen LogP contribution >= 0.6 is 0 Å². The number of hydrogen-bond donors (Lipinski definition) is 2. The maximum atomic E-state index is 13.1. The number of ether oxygens (including phenoxy) is 1. The van der Waals surface area contributed by atoms with Crippen molar-refractivity contribution in [3.8, 4) is 11.1 Å². The van der Waals surface area contributed by atoms with Gasteiger partial charge in [-0.15, -0.1) is 0 Å². The Morgan fingerprint density at radius 3 is 2.18 bits per heavy atom. The molecule has 0 aliphatic heterocycles. The SMILES string of the molecule is CCCCC(NC(=O)OCC1c2ccccc2-c2ccccc21)C(=O)N(CC)CCCC(=O)O. The standard InChI is InChI=1S/C27H34N2O5/c1-3-5-15-24(26(32)29(4-2)17-10-16-25(30)31)28-27(33)34-18-23-21-13-8-6-11-19(21)20-12-7-9-14-22(20)23/h6-9,11-14,23-24H,3-5,10,15-18H2,1-2H3,(H,28,33)(H,30,31). The monoisotopic (exact) mass is 466 g/mol. The van der Waals surface area contributed by atoms with Crippen molar-refractivity contribution >= 4 is 18.0 Å². The number of likely N-dealkylation sites (N-methyl/N-ethyl adjacent to an activating group) is 1. The summed E-state index contributed by atoms with van der Waals surface area (Å²) in [6.45, 7) is 4.86. The number of unbranched alkanes of at least 4 members (excludes halogenated alkanes) is 1. The number of nitrogens with one attached hydrogen (secondary N) is 1. The molecule has 34 heavy (non-hydrogen) atoms. The first-order valence-corrected chi connectivity index (χ1v) is 12.1. The van der Waals surface area contributed by atoms with Crippen LogP contribution in [0.25, 0.3) is 11.1 Å². The number of alkyl carbamates (subject to hydrolysis) is 1. The largest absolute Gasteiger partial charge is 0.481 e. The molecule has 182 valence electrons. The molecular weight excluding hydrogens is 432 g/mol. The van der Waals surface area contributed by atoms with E-state index in [1.165, 1.54) is 0 Å². The van der Waals surface area contributed by atoms with Gasteiger partial charge >= 0.3 is 12.1 Å². The number of rotatable bonds is 12. The van der Waals surface area contributed by atoms with Crippen molar-refractivity contribution in [3.05, 3.63) is 59.7 Å². The van der Waals surface area contributed by atoms with Crippen LogP contribution in [0.5, 0.6) is 0 Å². The minimum atomic E-state index is -0.886. The fourth-order valence-corrected chi connectivity index (χ4v) is 4.51. The minimum Gasteiger partial charge on any atom is -0.481 e. The van der Waals surface area contributed by atoms with Crippen LogP contribution < -0.4 is 5.32 Å². The van der Waals surface area contributed by atoms with Gasteiger partial charge in [0.2, 0.25) is 5.91 Å². The van der Waals surface area contributed by atoms with E-state index in [1.54, 1.807) is 4.90 Å². The summed E-state index contributed by atoms with van der Waals surface area (Å²) in [5, 5.41) is 11.6. The van der Waals surface area contributed by atoms with E-state index in [0.29, 0.717) is 25.9 Å². The predicted octanol–water partition coefficient (Wildman–Crippen LogP) is 4.80. The Balaban J connectivity index is 1.64. The molecule has 0 saturated carbocycles. The minimum absolute atomic E-state index is 0.00319. The summed E-state index contributed by atoms with van der Waals surface area (Å²) in [5.74, 6) is -1.14. The van der Waals surface area contributed by atoms with E-state index >= 15 is 0 Å². The molecule has 0 bridgehead atoms. The highest BCUT2D eigenvalue weighted by Crippen LogP contribution is 2.44. The molecular formula is C27H34N2O5. The number of aliphatic carboxylic acids is 1. The average molecular weight is 467 g/mol. The number of benzene rings is 2. The van der Waals surface area contributed by atoms with Crippen molar-refractivity contribution in [1.82, 2.24) is 10.2 Å². The third kappa shape index (κ3) is 6.16. The number of nitrogens with zero attached hydrogens (tertiary/aromatic N) is 1. The molecule has 1 aliphatic rings. The average Bonchev–Trinajstić information content (AvgIpc) is 3.16. The summed E-state index contributed by atoms with van der Waals surface area (Å²) in [7, 11) is 0. The summed E-state index contributed by atoms with van der Waals surface area (Å²) in [6.07, 6.45) is 1.95. The number of carboxylic acids is 1. The topological polar surface area (TPSA) is 95.9 Å². The first-order chi connectivity index (χ1) is 16.5. The van der Waals surface area contributed by atoms with Gasteiger partial charge in [-0.1, -0.05) is 68.3 Å². The van der Waals surface area contributed by atoms with E-state index in [0.717, 1.165) is 35.1 Å². The molecule has 1 aliphatic carbocycles. The van der Waals surface area contributed by atoms with Crippen LogP contribution in [0.3, 0.4) is 0 Å². The summed E-state index contributed by atoms with van der Waals surface area (Å²) < 4.78 is 5.63. The number of carbonyl (C=O) groups excluding carboxylic acids is 2. The van der Waals surface area contributed by atoms with Gasteiger partial charge in [-0.25, -0.2) is 4.79 Å². The van der Waals surface area contributed by atoms with Crippen molar-refractivity contribution in [2.75, 3.05) is 19.7 Å². The zero-order chi connectivity index (χ0) is 24.5. The first-order valence-electron chi connectivity index (χ1n) is 12.1. The molecule has 0 radical (unpaired) electrons. The molecule has 0 heterocycles. The van der Waals surface area contributed by atoms with Crippen molar-refractivity contribution in [2.24, 2.45) is 0 Å². The Morgan fingerprint density at radius 2 is 1.62 bits per heavy atom. The third-order valence-electron chi connectivity index (χ3n) is 6.29. The van der Waals surface area contributed by atoms with E-state index in [9.17, 15) is 14.4 Å². The summed E-state index contributed by atoms with van der Waals surface area (Å²) in [6, 6.07) is 15.6. The molecule has 0 spiro atoms. The van der Waals surface area contributed by atoms with E-state index in [1.807, 2.05) is 38.1 Å². The fourth-order valence-electron chi connectivity index (χ4n) is 4.51. The molecule has 1 atom stereocenters. The van der Waals surface area contributed by atoms with E-state index < -0.39 is 18.1 Å². The molecule has 7 nitrogen and oxygen atoms in total. The Kier molecular flexibility index (Phi) is 9.08. The zero-order valence-corrected chi connectivity index (χ0v) is 20.0. The lowest BCUT2D eigenvalue weighted by molar-refractivity contribution is -0.138. The highest BCUT2D eigenvalue weighted by Gasteiger charge is 2.30. The third-order valence-corrected chi connectivity index (χ3v) is 6.29. The predicted molar refractivity (Wildman–Crippen MR) is 131 cm³/mol. The second-order valence-corrected chi connectivity index (χ2v) is 8.58. The van der Waals surface area contributed by atoms with Gasteiger partial charge in [-0.2, -0.15) is 0 Å². The molecule has 2 aromatic rings. The summed E-state index contributed by atoms with van der Waals surface area (Å²) in [5.41, 5.74) is 4.57. The van der Waals surface area contributed by atoms with Gasteiger partial charge in [0.15, 0.2) is 0 Å². The van der Waals surface area contributed by atoms with Gasteiger partial charge < -0.3 is 20.1 Å². The van der Waals surface area contributed by atoms with Crippen LogP contribution in [-0.4, -0.2) is 53.7 Å². The number of amides is 2. The number of fused-ring (bicyclic) bond motifs is 3. The quantitative estimate of drug-likeness (QED) is 0.469. The van der Waals surface area contributed by atoms with Crippen LogP contribution in [-0.2, 0) is 14.3 Å². The Bertz CT molecular complexity index is 961. The van der Waals surface area contributed by atoms with Gasteiger partial charge in [0.25, 0.3) is 0 Å². The molecule has 2 amide bonds. The molecule has 0 fully saturated rings. The smallest absolute Gasteiger partial charge is 0.407 e. The molecule has 2 aromatic carbocycles. The van der Waals surface area contributed by atoms with Gasteiger partial charge in [0.1, 0.15) is 12.6 Å². The molecule has 0 saturated heterocycles. The van der Waals surface area contributed by atoms with Gasteiger partial charge in [0, 0.05) is 25.4 Å². The Hall–Kier alpha value is -3.35. The first kappa shape index (κ1) is 25.3. The molecule has 0 aromatic heterocycles. The summed E-state index contributed by atoms with van der Waals surface area (Å²) >= 11 is 0. The Labute approximate surface area is 201 Å². The normalized spacial score (nSPS) is 13.0. The molecule has 2 N–H and O–H groups in total. The second kappa shape index (κ2) is 12.2. The number of carbonyl (C=O) groups is 3. The van der Waals surface area contributed by atoms with Crippen LogP contribution in [0.4, 0.5) is 4.79 Å². The lowest BCUT2D eigenvalue weighted by Crippen LogP contribution is -2.49. The number of carboxylic acid groups (broad SMARTS) is 1. The Morgan fingerprint density at radius 1 is 1.00 bits per heavy atom. The highest BCUT2D eigenvalue weighted by molar-refractivity contribution is 5.86. The van der Waals surface area contributed by atoms with Crippen LogP contribution in [0.15, 0.2) is 48.5 Å². The van der Waals surface area contributed by atoms with E-state index in [4.69, 9.17) is 9.84 Å². The van der Waals surface area contributed by atoms with Gasteiger partial charge in [-0.05, 0) is 42.0 Å². The van der Waals surface area contributed by atoms with Crippen LogP contribution in [0.2, 0.25) is 0 Å². The molecule has 1 unspecified atom stereocenters. The van der Waals surface area contributed by atoms with E-state index in [-0.39, 0.29) is 24.9 Å². The fraction of sp³-hybridized carbons (Fsp3) is 0.444. The molecule has 3 rings (SSSR count). The van der Waals surface area contributed by atoms with Gasteiger partial charge in [-0.3, -0.25) is 9.59 Å². The van der Waals surface area contributed by atoms with Crippen molar-refractivity contribution in [1.29, 1.82) is 0 Å². The maximum Gasteiger partial charge on any atom is 0.407 e. The zero-order valence-electron chi connectivity index (χ0n) is 20.0. The van der Waals surface area contributed by atoms with Gasteiger partial charge in [0.05, 0.1) is 0 Å². The van der Waals surface area contributed by atoms with Crippen molar-refractivity contribution in [2.45, 2.75) is 57.9 Å². The lowest BCUT2D eigenvalue weighted by Gasteiger charge is -2.27. The number of hydrogen-bond acceptors (Lipinski definition) is 4. The second-order valence-electron chi connectivity index (χ2n) is 8.58. The van der Waals surface area contributed by atoms with Crippen molar-refractivity contribution in [3.63, 3.8) is 0 Å². The van der Waals surface area contributed by atoms with Crippen LogP contribution in [0, 0.1) is 0 Å². The van der Waals surface area contributed by atoms with Crippen LogP contribution in [0.1, 0.15) is 63.0 Å². The highest BCUT2D eigenvalue weighted by atomic mass is 16.5. The van der Waals surface area contributed by atoms with E-state index in [2.05, 4.69) is 29.6 Å². The summed E-state index contributed by atoms with van der Waals surface area (Å²) in [4.78, 5) is 38.2. The molecule has 7 heteroatoms. The van der Waals surface area contributed by atoms with Crippen molar-refractivity contribution < 1.29 is 24.2 Å². The lowest BCUT2D eigenvalue weighted by atomic mass is 9.98. The maximum absolute atomic E-state index is 13.1.